The molecule has 0 aromatic carbocycles. The van der Waals surface area contributed by atoms with Crippen LogP contribution < -0.4 is 5.73 Å². The highest BCUT2D eigenvalue weighted by atomic mass is 79.9. The minimum Gasteiger partial charge on any atom is -0.384 e. The minimum atomic E-state index is -0.0282. The smallest absolute Gasteiger partial charge is 0.136 e. The Morgan fingerprint density at radius 1 is 1.35 bits per heavy atom. The van der Waals surface area contributed by atoms with Crippen molar-refractivity contribution in [3.05, 3.63) is 40.6 Å². The second-order valence-corrected chi connectivity index (χ2v) is 5.01. The van der Waals surface area contributed by atoms with Gasteiger partial charge in [-0.3, -0.25) is 5.41 Å². The summed E-state index contributed by atoms with van der Waals surface area (Å²) in [5.41, 5.74) is 6.03. The van der Waals surface area contributed by atoms with Gasteiger partial charge in [-0.15, -0.1) is 5.10 Å². The second kappa shape index (κ2) is 5.24. The molecular formula is C10H8BrN5S. The summed E-state index contributed by atoms with van der Waals surface area (Å²) in [4.78, 5) is 4.21. The summed E-state index contributed by atoms with van der Waals surface area (Å²) >= 11 is 4.64. The van der Waals surface area contributed by atoms with Gasteiger partial charge in [0.05, 0.1) is 11.8 Å². The molecule has 0 aliphatic carbocycles. The van der Waals surface area contributed by atoms with Crippen LogP contribution in [0.15, 0.2) is 45.1 Å². The minimum absolute atomic E-state index is 0.0282. The van der Waals surface area contributed by atoms with Crippen LogP contribution in [0.2, 0.25) is 0 Å². The van der Waals surface area contributed by atoms with E-state index in [1.54, 1.807) is 12.3 Å². The van der Waals surface area contributed by atoms with Crippen LogP contribution in [0.1, 0.15) is 5.56 Å². The lowest BCUT2D eigenvalue weighted by Crippen LogP contribution is -2.13. The molecule has 0 spiro atoms. The van der Waals surface area contributed by atoms with E-state index >= 15 is 0 Å². The summed E-state index contributed by atoms with van der Waals surface area (Å²) in [6.07, 6.45) is 3.21. The maximum Gasteiger partial charge on any atom is 0.136 e. The maximum absolute atomic E-state index is 7.44. The molecule has 0 amide bonds. The highest BCUT2D eigenvalue weighted by Gasteiger charge is 2.09. The first-order chi connectivity index (χ1) is 8.16. The average Bonchev–Trinajstić information content (AvgIpc) is 2.32. The van der Waals surface area contributed by atoms with Gasteiger partial charge in [0.25, 0.3) is 0 Å². The number of nitrogens with one attached hydrogen (secondary N) is 1. The van der Waals surface area contributed by atoms with Crippen molar-refractivity contribution < 1.29 is 0 Å². The van der Waals surface area contributed by atoms with Gasteiger partial charge >= 0.3 is 0 Å². The standard InChI is InChI=1S/C10H8BrN5S/c11-6-1-2-8(14-5-6)17-10-7(9(12)13)3-4-15-16-10/h1-5H,(H3,12,13). The maximum atomic E-state index is 7.44. The molecule has 0 saturated heterocycles. The third kappa shape index (κ3) is 3.01. The number of amidine groups is 1. The second-order valence-electron chi connectivity index (χ2n) is 3.08. The topological polar surface area (TPSA) is 88.5 Å². The van der Waals surface area contributed by atoms with Crippen molar-refractivity contribution in [2.75, 3.05) is 0 Å². The Hall–Kier alpha value is -1.47. The third-order valence-corrected chi connectivity index (χ3v) is 3.29. The summed E-state index contributed by atoms with van der Waals surface area (Å²) in [5.74, 6) is -0.0282. The lowest BCUT2D eigenvalue weighted by atomic mass is 10.3. The molecule has 0 aliphatic rings. The van der Waals surface area contributed by atoms with Crippen LogP contribution >= 0.6 is 27.7 Å². The van der Waals surface area contributed by atoms with E-state index in [0.29, 0.717) is 10.6 Å². The summed E-state index contributed by atoms with van der Waals surface area (Å²) in [7, 11) is 0. The van der Waals surface area contributed by atoms with E-state index in [1.807, 2.05) is 12.1 Å². The Labute approximate surface area is 110 Å². The van der Waals surface area contributed by atoms with E-state index in [0.717, 1.165) is 9.50 Å². The summed E-state index contributed by atoms with van der Waals surface area (Å²) in [6, 6.07) is 5.41. The highest BCUT2D eigenvalue weighted by Crippen LogP contribution is 2.26. The van der Waals surface area contributed by atoms with Crippen LogP contribution in [-0.2, 0) is 0 Å². The van der Waals surface area contributed by atoms with Gasteiger partial charge in [0.2, 0.25) is 0 Å². The van der Waals surface area contributed by atoms with Gasteiger partial charge in [0.1, 0.15) is 15.9 Å². The molecule has 0 aliphatic heterocycles. The Morgan fingerprint density at radius 2 is 2.18 bits per heavy atom. The van der Waals surface area contributed by atoms with Crippen LogP contribution in [-0.4, -0.2) is 21.0 Å². The molecule has 2 aromatic rings. The van der Waals surface area contributed by atoms with Gasteiger partial charge in [-0.2, -0.15) is 5.10 Å². The van der Waals surface area contributed by atoms with Gasteiger partial charge in [0, 0.05) is 10.7 Å². The molecule has 0 atom stereocenters. The largest absolute Gasteiger partial charge is 0.384 e. The van der Waals surface area contributed by atoms with Gasteiger partial charge < -0.3 is 5.73 Å². The van der Waals surface area contributed by atoms with E-state index in [1.165, 1.54) is 18.0 Å². The summed E-state index contributed by atoms with van der Waals surface area (Å²) in [5, 5.41) is 16.5. The van der Waals surface area contributed by atoms with Gasteiger partial charge in [0.15, 0.2) is 0 Å². The van der Waals surface area contributed by atoms with Gasteiger partial charge in [-0.05, 0) is 45.9 Å². The number of nitrogens with two attached hydrogens (primary N) is 1. The number of nitrogen functional groups attached to an aromatic ring is 1. The van der Waals surface area contributed by atoms with Crippen LogP contribution in [0.25, 0.3) is 0 Å². The number of aromatic nitrogens is 3. The molecule has 17 heavy (non-hydrogen) atoms. The molecule has 2 rings (SSSR count). The number of nitrogens with zero attached hydrogens (tertiary/aromatic N) is 3. The van der Waals surface area contributed by atoms with E-state index < -0.39 is 0 Å². The molecule has 0 saturated carbocycles. The summed E-state index contributed by atoms with van der Waals surface area (Å²) < 4.78 is 0.910. The van der Waals surface area contributed by atoms with E-state index in [4.69, 9.17) is 11.1 Å². The molecule has 5 nitrogen and oxygen atoms in total. The normalized spacial score (nSPS) is 10.2. The molecular weight excluding hydrogens is 302 g/mol. The molecule has 0 fully saturated rings. The molecule has 86 valence electrons. The molecule has 7 heteroatoms. The van der Waals surface area contributed by atoms with E-state index in [-0.39, 0.29) is 5.84 Å². The zero-order chi connectivity index (χ0) is 12.3. The Morgan fingerprint density at radius 3 is 2.82 bits per heavy atom. The molecule has 3 N–H and O–H groups in total. The van der Waals surface area contributed by atoms with Crippen molar-refractivity contribution in [2.45, 2.75) is 10.1 Å². The molecule has 0 radical (unpaired) electrons. The number of rotatable bonds is 3. The van der Waals surface area contributed by atoms with Crippen LogP contribution in [0, 0.1) is 5.41 Å². The fourth-order valence-corrected chi connectivity index (χ4v) is 2.17. The van der Waals surface area contributed by atoms with Crippen LogP contribution in [0.5, 0.6) is 0 Å². The van der Waals surface area contributed by atoms with Crippen molar-refractivity contribution in [1.29, 1.82) is 5.41 Å². The van der Waals surface area contributed by atoms with Crippen LogP contribution in [0.4, 0.5) is 0 Å². The molecule has 2 aromatic heterocycles. The number of pyridine rings is 1. The van der Waals surface area contributed by atoms with Gasteiger partial charge in [-0.1, -0.05) is 0 Å². The van der Waals surface area contributed by atoms with Gasteiger partial charge in [-0.25, -0.2) is 4.98 Å². The predicted octanol–water partition coefficient (Wildman–Crippen LogP) is 2.07. The lowest BCUT2D eigenvalue weighted by Gasteiger charge is -2.04. The van der Waals surface area contributed by atoms with Crippen molar-refractivity contribution in [3.63, 3.8) is 0 Å². The van der Waals surface area contributed by atoms with Crippen LogP contribution in [0.3, 0.4) is 0 Å². The quantitative estimate of drug-likeness (QED) is 0.669. The number of hydrogen-bond acceptors (Lipinski definition) is 5. The van der Waals surface area contributed by atoms with Crippen molar-refractivity contribution in [2.24, 2.45) is 5.73 Å². The van der Waals surface area contributed by atoms with Crippen molar-refractivity contribution >= 4 is 33.5 Å². The van der Waals surface area contributed by atoms with E-state index in [2.05, 4.69) is 31.1 Å². The first kappa shape index (κ1) is 12.0. The zero-order valence-corrected chi connectivity index (χ0v) is 11.0. The third-order valence-electron chi connectivity index (χ3n) is 1.88. The SMILES string of the molecule is N=C(N)c1ccnnc1Sc1ccc(Br)cn1. The van der Waals surface area contributed by atoms with Crippen molar-refractivity contribution in [1.82, 2.24) is 15.2 Å². The lowest BCUT2D eigenvalue weighted by molar-refractivity contribution is 0.918. The number of halogens is 1. The average molecular weight is 310 g/mol. The monoisotopic (exact) mass is 309 g/mol. The fraction of sp³-hybridized carbons (Fsp3) is 0. The summed E-state index contributed by atoms with van der Waals surface area (Å²) in [6.45, 7) is 0. The Kier molecular flexibility index (Phi) is 3.70. The van der Waals surface area contributed by atoms with Crippen molar-refractivity contribution in [3.8, 4) is 0 Å². The zero-order valence-electron chi connectivity index (χ0n) is 8.59. The molecule has 2 heterocycles. The molecule has 0 unspecified atom stereocenters. The first-order valence-corrected chi connectivity index (χ1v) is 6.23. The Balaban J connectivity index is 2.30. The predicted molar refractivity (Wildman–Crippen MR) is 69.1 cm³/mol. The highest BCUT2D eigenvalue weighted by molar-refractivity contribution is 9.10. The number of hydrogen-bond donors (Lipinski definition) is 2. The van der Waals surface area contributed by atoms with E-state index in [9.17, 15) is 0 Å². The first-order valence-electron chi connectivity index (χ1n) is 4.62. The fourth-order valence-electron chi connectivity index (χ4n) is 1.12. The Bertz CT molecular complexity index is 543. The molecule has 0 bridgehead atoms.